The summed E-state index contributed by atoms with van der Waals surface area (Å²) in [7, 11) is 0. The molecule has 20 heteroatoms. The third kappa shape index (κ3) is 13.0. The summed E-state index contributed by atoms with van der Waals surface area (Å²) in [6, 6.07) is 21.9. The molecule has 0 heterocycles. The number of nitrogens with zero attached hydrogens (tertiary/aromatic N) is 4. The molecule has 0 saturated carbocycles. The van der Waals surface area contributed by atoms with Crippen LogP contribution in [0.3, 0.4) is 0 Å². The van der Waals surface area contributed by atoms with Crippen molar-refractivity contribution in [2.75, 3.05) is 34.5 Å². The van der Waals surface area contributed by atoms with E-state index in [9.17, 15) is 28.8 Å². The lowest BCUT2D eigenvalue weighted by atomic mass is 10.1. The molecule has 2 atom stereocenters. The molecule has 5 rings (SSSR count). The van der Waals surface area contributed by atoms with Gasteiger partial charge >= 0.3 is 0 Å². The van der Waals surface area contributed by atoms with Gasteiger partial charge in [0, 0.05) is 23.1 Å². The Morgan fingerprint density at radius 3 is 1.26 bits per heavy atom. The van der Waals surface area contributed by atoms with Crippen LogP contribution in [0.4, 0.5) is 34.1 Å². The molecule has 2 unspecified atom stereocenters. The molecule has 0 radical (unpaired) electrons. The SMILES string of the molecule is CCOc1c(NC(=O)C(N=Nc2ccc(Cl)c(C(=O)Nc3ccccc3CCl)c2)C(C)=O)ccc(NC(=O)C(N=Nc2ccc(Cl)c(C(=O)Nc3ccccc3CCl)c2)C(C)=O)c1OCC. The largest absolute Gasteiger partial charge is 0.488 e. The Balaban J connectivity index is 1.34. The number of hydrogen-bond donors (Lipinski definition) is 4. The summed E-state index contributed by atoms with van der Waals surface area (Å²) in [4.78, 5) is 79.2. The van der Waals surface area contributed by atoms with Gasteiger partial charge in [-0.3, -0.25) is 28.8 Å². The van der Waals surface area contributed by atoms with Crippen molar-refractivity contribution in [1.29, 1.82) is 0 Å². The zero-order valence-corrected chi connectivity index (χ0v) is 38.8. The standard InChI is InChI=1S/C46H42Cl4N8O8/c1-5-65-41-37(53-45(63)39(25(3)59)57-55-29-15-17-33(49)31(21-29)43(61)51-35-13-9-7-11-27(35)23-47)19-20-38(42(41)66-6-2)54-46(64)40(26(4)60)58-56-30-16-18-34(50)32(22-30)44(62)52-36-14-10-8-12-28(36)24-48/h7-22,39-40H,5-6,23-24H2,1-4H3,(H,51,61)(H,52,62)(H,53,63)(H,54,64). The third-order valence-electron chi connectivity index (χ3n) is 9.26. The summed E-state index contributed by atoms with van der Waals surface area (Å²) in [6.45, 7) is 5.80. The van der Waals surface area contributed by atoms with Crippen LogP contribution in [-0.2, 0) is 30.9 Å². The van der Waals surface area contributed by atoms with Gasteiger partial charge in [-0.2, -0.15) is 20.5 Å². The maximum Gasteiger partial charge on any atom is 0.258 e. The van der Waals surface area contributed by atoms with Crippen LogP contribution in [0.25, 0.3) is 0 Å². The quantitative estimate of drug-likeness (QED) is 0.0333. The van der Waals surface area contributed by atoms with E-state index in [1.54, 1.807) is 62.4 Å². The van der Waals surface area contributed by atoms with Crippen LogP contribution in [0, 0.1) is 0 Å². The second-order valence-corrected chi connectivity index (χ2v) is 15.3. The lowest BCUT2D eigenvalue weighted by Crippen LogP contribution is -2.32. The number of rotatable bonds is 20. The van der Waals surface area contributed by atoms with Crippen LogP contribution >= 0.6 is 46.4 Å². The molecule has 0 fully saturated rings. The maximum atomic E-state index is 13.7. The molecular formula is C46H42Cl4N8O8. The summed E-state index contributed by atoms with van der Waals surface area (Å²) in [5.41, 5.74) is 2.81. The highest BCUT2D eigenvalue weighted by Crippen LogP contribution is 2.42. The van der Waals surface area contributed by atoms with Crippen LogP contribution in [0.2, 0.25) is 10.0 Å². The number of para-hydroxylation sites is 2. The molecule has 5 aromatic carbocycles. The average molecular weight is 977 g/mol. The Kier molecular flexibility index (Phi) is 18.3. The molecule has 0 aliphatic heterocycles. The van der Waals surface area contributed by atoms with Crippen LogP contribution < -0.4 is 30.7 Å². The third-order valence-corrected chi connectivity index (χ3v) is 10.5. The Morgan fingerprint density at radius 1 is 0.530 bits per heavy atom. The molecule has 0 saturated heterocycles. The lowest BCUT2D eigenvalue weighted by Gasteiger charge is -2.20. The normalized spacial score (nSPS) is 12.0. The average Bonchev–Trinajstić information content (AvgIpc) is 3.29. The van der Waals surface area contributed by atoms with Gasteiger partial charge in [0.25, 0.3) is 23.6 Å². The van der Waals surface area contributed by atoms with E-state index in [1.165, 1.54) is 48.5 Å². The van der Waals surface area contributed by atoms with Crippen LogP contribution in [-0.4, -0.2) is 60.5 Å². The number of anilines is 4. The number of benzene rings is 5. The van der Waals surface area contributed by atoms with Crippen LogP contribution in [0.5, 0.6) is 11.5 Å². The van der Waals surface area contributed by atoms with Gasteiger partial charge in [-0.05, 0) is 99.5 Å². The highest BCUT2D eigenvalue weighted by atomic mass is 35.5. The number of azo groups is 2. The Hall–Kier alpha value is -6.72. The van der Waals surface area contributed by atoms with E-state index in [0.29, 0.717) is 22.5 Å². The first kappa shape index (κ1) is 50.3. The van der Waals surface area contributed by atoms with Gasteiger partial charge in [-0.25, -0.2) is 0 Å². The molecule has 0 aliphatic rings. The molecule has 0 bridgehead atoms. The number of halogens is 4. The summed E-state index contributed by atoms with van der Waals surface area (Å²) in [5.74, 6) is -3.93. The fourth-order valence-electron chi connectivity index (χ4n) is 6.02. The maximum absolute atomic E-state index is 13.7. The van der Waals surface area contributed by atoms with Crippen molar-refractivity contribution in [3.8, 4) is 11.5 Å². The minimum absolute atomic E-state index is 0.0181. The minimum atomic E-state index is -1.65. The lowest BCUT2D eigenvalue weighted by molar-refractivity contribution is -0.127. The number of Topliss-reactive ketones (excluding diaryl/α,β-unsaturated/α-hetero) is 2. The van der Waals surface area contributed by atoms with Gasteiger partial charge in [0.05, 0.1) is 57.1 Å². The first-order chi connectivity index (χ1) is 31.7. The number of alkyl halides is 2. The van der Waals surface area contributed by atoms with E-state index in [0.717, 1.165) is 13.8 Å². The van der Waals surface area contributed by atoms with Crippen molar-refractivity contribution in [3.63, 3.8) is 0 Å². The van der Waals surface area contributed by atoms with Crippen molar-refractivity contribution in [3.05, 3.63) is 129 Å². The molecule has 5 aromatic rings. The molecular weight excluding hydrogens is 934 g/mol. The molecule has 16 nitrogen and oxygen atoms in total. The van der Waals surface area contributed by atoms with E-state index < -0.39 is 47.3 Å². The highest BCUT2D eigenvalue weighted by molar-refractivity contribution is 6.35. The van der Waals surface area contributed by atoms with Crippen LogP contribution in [0.1, 0.15) is 59.5 Å². The van der Waals surface area contributed by atoms with Crippen molar-refractivity contribution < 1.29 is 38.2 Å². The van der Waals surface area contributed by atoms with Gasteiger partial charge in [-0.15, -0.1) is 23.2 Å². The van der Waals surface area contributed by atoms with Crippen LogP contribution in [0.15, 0.2) is 118 Å². The Bertz CT molecular complexity index is 2530. The van der Waals surface area contributed by atoms with E-state index in [4.69, 9.17) is 55.9 Å². The van der Waals surface area contributed by atoms with Crippen molar-refractivity contribution in [2.24, 2.45) is 20.5 Å². The molecule has 0 aromatic heterocycles. The van der Waals surface area contributed by atoms with Gasteiger partial charge in [0.15, 0.2) is 23.1 Å². The van der Waals surface area contributed by atoms with Gasteiger partial charge in [-0.1, -0.05) is 59.6 Å². The summed E-state index contributed by atoms with van der Waals surface area (Å²) in [5, 5.41) is 27.2. The monoisotopic (exact) mass is 974 g/mol. The molecule has 4 N–H and O–H groups in total. The fourth-order valence-corrected chi connectivity index (χ4v) is 6.89. The topological polar surface area (TPSA) is 218 Å². The summed E-state index contributed by atoms with van der Waals surface area (Å²) >= 11 is 24.7. The van der Waals surface area contributed by atoms with Crippen molar-refractivity contribution in [2.45, 2.75) is 51.5 Å². The number of carbonyl (C=O) groups excluding carboxylic acids is 6. The Morgan fingerprint density at radius 2 is 0.909 bits per heavy atom. The smallest absolute Gasteiger partial charge is 0.258 e. The molecule has 342 valence electrons. The zero-order chi connectivity index (χ0) is 47.9. The molecule has 66 heavy (non-hydrogen) atoms. The Labute approximate surface area is 399 Å². The number of ether oxygens (including phenoxy) is 2. The van der Waals surface area contributed by atoms with E-state index in [1.807, 2.05) is 0 Å². The first-order valence-electron chi connectivity index (χ1n) is 20.1. The van der Waals surface area contributed by atoms with Gasteiger partial charge < -0.3 is 30.7 Å². The van der Waals surface area contributed by atoms with Gasteiger partial charge in [0.1, 0.15) is 0 Å². The van der Waals surface area contributed by atoms with Crippen molar-refractivity contribution >= 4 is 116 Å². The second kappa shape index (κ2) is 24.0. The summed E-state index contributed by atoms with van der Waals surface area (Å²) in [6.07, 6.45) is 0. The molecule has 4 amide bonds. The highest BCUT2D eigenvalue weighted by Gasteiger charge is 2.29. The summed E-state index contributed by atoms with van der Waals surface area (Å²) < 4.78 is 11.7. The molecule has 0 spiro atoms. The second-order valence-electron chi connectivity index (χ2n) is 13.9. The van der Waals surface area contributed by atoms with Crippen molar-refractivity contribution in [1.82, 2.24) is 0 Å². The number of hydrogen-bond acceptors (Lipinski definition) is 12. The van der Waals surface area contributed by atoms with E-state index in [2.05, 4.69) is 41.7 Å². The predicted octanol–water partition coefficient (Wildman–Crippen LogP) is 11.1. The van der Waals surface area contributed by atoms with Gasteiger partial charge in [0.2, 0.25) is 12.1 Å². The predicted molar refractivity (Wildman–Crippen MR) is 255 cm³/mol. The zero-order valence-electron chi connectivity index (χ0n) is 35.8. The number of amides is 4. The van der Waals surface area contributed by atoms with E-state index in [-0.39, 0.29) is 80.4 Å². The first-order valence-corrected chi connectivity index (χ1v) is 21.9. The fraction of sp³-hybridized carbons (Fsp3) is 0.217. The number of nitrogens with one attached hydrogen (secondary N) is 4. The number of ketones is 2. The minimum Gasteiger partial charge on any atom is -0.488 e. The van der Waals surface area contributed by atoms with E-state index >= 15 is 0 Å². The number of carbonyl (C=O) groups is 6. The molecule has 0 aliphatic carbocycles.